The number of thiazole rings is 1. The Bertz CT molecular complexity index is 418. The highest BCUT2D eigenvalue weighted by atomic mass is 32.1. The monoisotopic (exact) mass is 251 g/mol. The lowest BCUT2D eigenvalue weighted by Crippen LogP contribution is -2.40. The molecule has 4 heteroatoms. The van der Waals surface area contributed by atoms with Gasteiger partial charge in [0.05, 0.1) is 11.2 Å². The number of likely N-dealkylation sites (tertiary alicyclic amines) is 1. The molecular weight excluding hydrogens is 230 g/mol. The fourth-order valence-corrected chi connectivity index (χ4v) is 3.94. The molecule has 1 aromatic rings. The van der Waals surface area contributed by atoms with Crippen molar-refractivity contribution in [2.24, 2.45) is 5.73 Å². The van der Waals surface area contributed by atoms with E-state index in [-0.39, 0.29) is 5.54 Å². The summed E-state index contributed by atoms with van der Waals surface area (Å²) < 4.78 is 0. The number of aryl methyl sites for hydroxylation is 2. The van der Waals surface area contributed by atoms with Crippen LogP contribution in [0.25, 0.3) is 0 Å². The number of nitrogens with zero attached hydrogens (tertiary/aromatic N) is 2. The third-order valence-electron chi connectivity index (χ3n) is 4.16. The molecular formula is C13H21N3S. The van der Waals surface area contributed by atoms with E-state index in [2.05, 4.69) is 30.7 Å². The van der Waals surface area contributed by atoms with Crippen LogP contribution in [0, 0.1) is 13.8 Å². The van der Waals surface area contributed by atoms with Gasteiger partial charge in [0.1, 0.15) is 5.01 Å². The van der Waals surface area contributed by atoms with Crippen LogP contribution in [0.2, 0.25) is 0 Å². The number of hydrogen-bond acceptors (Lipinski definition) is 4. The second kappa shape index (κ2) is 3.77. The van der Waals surface area contributed by atoms with Crippen LogP contribution in [0.3, 0.4) is 0 Å². The average molecular weight is 251 g/mol. The summed E-state index contributed by atoms with van der Waals surface area (Å²) in [7, 11) is 0. The van der Waals surface area contributed by atoms with Gasteiger partial charge in [0.15, 0.2) is 0 Å². The van der Waals surface area contributed by atoms with E-state index in [9.17, 15) is 0 Å². The molecule has 1 aliphatic carbocycles. The zero-order chi connectivity index (χ0) is 12.2. The number of aromatic nitrogens is 1. The summed E-state index contributed by atoms with van der Waals surface area (Å²) in [5.74, 6) is 0. The smallest absolute Gasteiger partial charge is 0.114 e. The van der Waals surface area contributed by atoms with Crippen LogP contribution in [-0.2, 0) is 5.54 Å². The van der Waals surface area contributed by atoms with Crippen molar-refractivity contribution in [1.29, 1.82) is 0 Å². The molecule has 17 heavy (non-hydrogen) atoms. The SMILES string of the molecule is Cc1nc(C2(N)CC(C)N(C3CC3)C2)sc1C. The first-order valence-electron chi connectivity index (χ1n) is 6.49. The maximum absolute atomic E-state index is 6.62. The molecule has 94 valence electrons. The normalized spacial score (nSPS) is 34.5. The van der Waals surface area contributed by atoms with Crippen LogP contribution in [0.1, 0.15) is 41.8 Å². The predicted molar refractivity (Wildman–Crippen MR) is 71.3 cm³/mol. The van der Waals surface area contributed by atoms with E-state index < -0.39 is 0 Å². The van der Waals surface area contributed by atoms with Gasteiger partial charge in [-0.3, -0.25) is 4.90 Å². The largest absolute Gasteiger partial charge is 0.318 e. The van der Waals surface area contributed by atoms with E-state index in [1.165, 1.54) is 17.7 Å². The van der Waals surface area contributed by atoms with Crippen molar-refractivity contribution < 1.29 is 0 Å². The molecule has 0 radical (unpaired) electrons. The van der Waals surface area contributed by atoms with E-state index >= 15 is 0 Å². The first-order chi connectivity index (χ1) is 7.99. The summed E-state index contributed by atoms with van der Waals surface area (Å²) in [6.07, 6.45) is 3.77. The Morgan fingerprint density at radius 2 is 2.12 bits per heavy atom. The molecule has 3 rings (SSSR count). The van der Waals surface area contributed by atoms with Gasteiger partial charge in [-0.05, 0) is 40.0 Å². The van der Waals surface area contributed by atoms with Crippen LogP contribution in [-0.4, -0.2) is 28.5 Å². The summed E-state index contributed by atoms with van der Waals surface area (Å²) in [6.45, 7) is 7.51. The molecule has 1 saturated carbocycles. The molecule has 0 bridgehead atoms. The number of rotatable bonds is 2. The van der Waals surface area contributed by atoms with E-state index in [4.69, 9.17) is 5.73 Å². The predicted octanol–water partition coefficient (Wildman–Crippen LogP) is 2.17. The third kappa shape index (κ3) is 1.92. The van der Waals surface area contributed by atoms with Crippen LogP contribution in [0.15, 0.2) is 0 Å². The standard InChI is InChI=1S/C13H21N3S/c1-8-6-13(14,7-16(8)11-4-5-11)12-15-9(2)10(3)17-12/h8,11H,4-7,14H2,1-3H3. The molecule has 3 nitrogen and oxygen atoms in total. The molecule has 0 amide bonds. The quantitative estimate of drug-likeness (QED) is 0.876. The van der Waals surface area contributed by atoms with Gasteiger partial charge in [0.25, 0.3) is 0 Å². The van der Waals surface area contributed by atoms with Gasteiger partial charge < -0.3 is 5.73 Å². The van der Waals surface area contributed by atoms with Gasteiger partial charge in [0, 0.05) is 23.5 Å². The third-order valence-corrected chi connectivity index (χ3v) is 5.45. The summed E-state index contributed by atoms with van der Waals surface area (Å²) in [4.78, 5) is 8.58. The Kier molecular flexibility index (Phi) is 2.58. The van der Waals surface area contributed by atoms with Crippen LogP contribution in [0.5, 0.6) is 0 Å². The van der Waals surface area contributed by atoms with Crippen molar-refractivity contribution >= 4 is 11.3 Å². The van der Waals surface area contributed by atoms with Crippen molar-refractivity contribution in [2.75, 3.05) is 6.54 Å². The second-order valence-corrected chi connectivity index (χ2v) is 6.98. The molecule has 2 N–H and O–H groups in total. The highest BCUT2D eigenvalue weighted by Crippen LogP contribution is 2.41. The molecule has 0 spiro atoms. The van der Waals surface area contributed by atoms with Crippen molar-refractivity contribution in [1.82, 2.24) is 9.88 Å². The van der Waals surface area contributed by atoms with E-state index in [0.29, 0.717) is 6.04 Å². The fraction of sp³-hybridized carbons (Fsp3) is 0.769. The van der Waals surface area contributed by atoms with E-state index in [1.807, 2.05) is 0 Å². The zero-order valence-electron chi connectivity index (χ0n) is 10.9. The second-order valence-electron chi connectivity index (χ2n) is 5.77. The lowest BCUT2D eigenvalue weighted by molar-refractivity contribution is 0.249. The van der Waals surface area contributed by atoms with Crippen LogP contribution >= 0.6 is 11.3 Å². The topological polar surface area (TPSA) is 42.1 Å². The fourth-order valence-electron chi connectivity index (χ4n) is 2.93. The molecule has 2 fully saturated rings. The highest BCUT2D eigenvalue weighted by molar-refractivity contribution is 7.11. The lowest BCUT2D eigenvalue weighted by Gasteiger charge is -2.22. The first kappa shape index (κ1) is 11.6. The molecule has 1 aromatic heterocycles. The minimum atomic E-state index is -0.203. The van der Waals surface area contributed by atoms with Crippen molar-refractivity contribution in [2.45, 2.75) is 57.7 Å². The Labute approximate surface area is 107 Å². The maximum Gasteiger partial charge on any atom is 0.114 e. The Hall–Kier alpha value is -0.450. The minimum Gasteiger partial charge on any atom is -0.318 e. The number of nitrogens with two attached hydrogens (primary N) is 1. The Balaban J connectivity index is 1.86. The average Bonchev–Trinajstić information content (AvgIpc) is 2.97. The molecule has 2 unspecified atom stereocenters. The van der Waals surface area contributed by atoms with Gasteiger partial charge in [0.2, 0.25) is 0 Å². The van der Waals surface area contributed by atoms with Crippen LogP contribution < -0.4 is 5.73 Å². The Morgan fingerprint density at radius 3 is 2.65 bits per heavy atom. The number of hydrogen-bond donors (Lipinski definition) is 1. The highest BCUT2D eigenvalue weighted by Gasteiger charge is 2.47. The summed E-state index contributed by atoms with van der Waals surface area (Å²) >= 11 is 1.78. The van der Waals surface area contributed by atoms with Gasteiger partial charge in [-0.1, -0.05) is 0 Å². The van der Waals surface area contributed by atoms with Crippen molar-refractivity contribution in [3.05, 3.63) is 15.6 Å². The molecule has 2 atom stereocenters. The maximum atomic E-state index is 6.62. The summed E-state index contributed by atoms with van der Waals surface area (Å²) in [5.41, 5.74) is 7.56. The molecule has 2 aliphatic rings. The first-order valence-corrected chi connectivity index (χ1v) is 7.30. The van der Waals surface area contributed by atoms with E-state index in [1.54, 1.807) is 11.3 Å². The van der Waals surface area contributed by atoms with Crippen molar-refractivity contribution in [3.63, 3.8) is 0 Å². The van der Waals surface area contributed by atoms with Crippen LogP contribution in [0.4, 0.5) is 0 Å². The Morgan fingerprint density at radius 1 is 1.41 bits per heavy atom. The van der Waals surface area contributed by atoms with Gasteiger partial charge in [-0.2, -0.15) is 0 Å². The summed E-state index contributed by atoms with van der Waals surface area (Å²) in [5, 5.41) is 1.14. The van der Waals surface area contributed by atoms with Gasteiger partial charge >= 0.3 is 0 Å². The molecule has 1 saturated heterocycles. The van der Waals surface area contributed by atoms with Crippen molar-refractivity contribution in [3.8, 4) is 0 Å². The van der Waals surface area contributed by atoms with E-state index in [0.717, 1.165) is 29.7 Å². The summed E-state index contributed by atoms with van der Waals surface area (Å²) in [6, 6.07) is 1.41. The van der Waals surface area contributed by atoms with Gasteiger partial charge in [-0.25, -0.2) is 4.98 Å². The lowest BCUT2D eigenvalue weighted by atomic mass is 9.99. The minimum absolute atomic E-state index is 0.203. The zero-order valence-corrected chi connectivity index (χ0v) is 11.7. The molecule has 0 aromatic carbocycles. The molecule has 2 heterocycles. The van der Waals surface area contributed by atoms with Gasteiger partial charge in [-0.15, -0.1) is 11.3 Å². The molecule has 1 aliphatic heterocycles.